The van der Waals surface area contributed by atoms with Crippen molar-refractivity contribution in [3.63, 3.8) is 0 Å². The molecule has 0 saturated carbocycles. The maximum atomic E-state index is 5.61. The van der Waals surface area contributed by atoms with Crippen LogP contribution in [0.3, 0.4) is 0 Å². The van der Waals surface area contributed by atoms with Gasteiger partial charge >= 0.3 is 0 Å². The van der Waals surface area contributed by atoms with Gasteiger partial charge in [-0.15, -0.1) is 0 Å². The minimum atomic E-state index is 0.628. The molecule has 0 aliphatic heterocycles. The van der Waals surface area contributed by atoms with E-state index in [0.29, 0.717) is 5.95 Å². The Morgan fingerprint density at radius 3 is 2.58 bits per heavy atom. The van der Waals surface area contributed by atoms with Crippen molar-refractivity contribution in [2.45, 2.75) is 12.8 Å². The third kappa shape index (κ3) is 4.10. The van der Waals surface area contributed by atoms with Gasteiger partial charge in [-0.2, -0.15) is 4.98 Å². The number of hydrogen-bond donors (Lipinski definition) is 2. The number of benzene rings is 2. The Morgan fingerprint density at radius 2 is 1.65 bits per heavy atom. The van der Waals surface area contributed by atoms with Crippen LogP contribution >= 0.6 is 0 Å². The van der Waals surface area contributed by atoms with Gasteiger partial charge in [0.1, 0.15) is 11.4 Å². The van der Waals surface area contributed by atoms with E-state index in [-0.39, 0.29) is 0 Å². The molecule has 0 saturated heterocycles. The average Bonchev–Trinajstić information content (AvgIpc) is 3.36. The van der Waals surface area contributed by atoms with Gasteiger partial charge in [0.25, 0.3) is 0 Å². The van der Waals surface area contributed by atoms with E-state index < -0.39 is 0 Å². The van der Waals surface area contributed by atoms with E-state index in [1.807, 2.05) is 30.5 Å². The van der Waals surface area contributed by atoms with Crippen molar-refractivity contribution < 1.29 is 4.42 Å². The monoisotopic (exact) mass is 411 g/mol. The first-order valence-corrected chi connectivity index (χ1v) is 10.6. The molecule has 0 bridgehead atoms. The lowest BCUT2D eigenvalue weighted by Gasteiger charge is -2.08. The van der Waals surface area contributed by atoms with Crippen LogP contribution < -0.4 is 10.6 Å². The molecule has 0 unspecified atom stereocenters. The number of rotatable bonds is 8. The molecule has 3 aromatic heterocycles. The number of nitrogens with zero attached hydrogens (tertiary/aromatic N) is 3. The molecule has 156 valence electrons. The van der Waals surface area contributed by atoms with Gasteiger partial charge in [-0.3, -0.25) is 0 Å². The molecule has 0 aliphatic carbocycles. The zero-order chi connectivity index (χ0) is 21.0. The fourth-order valence-corrected chi connectivity index (χ4v) is 4.03. The molecule has 0 fully saturated rings. The summed E-state index contributed by atoms with van der Waals surface area (Å²) in [6.45, 7) is 1.55. The van der Waals surface area contributed by atoms with Crippen molar-refractivity contribution in [1.29, 1.82) is 0 Å². The van der Waals surface area contributed by atoms with Crippen LogP contribution in [0.15, 0.2) is 77.7 Å². The highest BCUT2D eigenvalue weighted by molar-refractivity contribution is 5.84. The summed E-state index contributed by atoms with van der Waals surface area (Å²) in [7, 11) is 2.09. The summed E-state index contributed by atoms with van der Waals surface area (Å²) in [5.74, 6) is 1.45. The molecule has 31 heavy (non-hydrogen) atoms. The lowest BCUT2D eigenvalue weighted by molar-refractivity contribution is 0.610. The smallest absolute Gasteiger partial charge is 0.224 e. The van der Waals surface area contributed by atoms with Crippen molar-refractivity contribution in [3.8, 4) is 0 Å². The van der Waals surface area contributed by atoms with Gasteiger partial charge in [0.15, 0.2) is 0 Å². The maximum absolute atomic E-state index is 5.61. The number of aryl methyl sites for hydroxylation is 1. The minimum Gasteiger partial charge on any atom is -0.464 e. The third-order valence-corrected chi connectivity index (χ3v) is 5.57. The number of aromatic nitrogens is 3. The molecule has 0 radical (unpaired) electrons. The number of nitrogens with one attached hydrogen (secondary N) is 2. The Balaban J connectivity index is 1.16. The quantitative estimate of drug-likeness (QED) is 0.375. The van der Waals surface area contributed by atoms with E-state index in [2.05, 4.69) is 68.7 Å². The Hall–Kier alpha value is -3.80. The van der Waals surface area contributed by atoms with E-state index in [1.165, 1.54) is 22.0 Å². The summed E-state index contributed by atoms with van der Waals surface area (Å²) in [6.07, 6.45) is 7.60. The number of hydrogen-bond acceptors (Lipinski definition) is 5. The molecule has 5 rings (SSSR count). The molecule has 5 aromatic rings. The fourth-order valence-electron chi connectivity index (χ4n) is 4.03. The van der Waals surface area contributed by atoms with Gasteiger partial charge in [-0.25, -0.2) is 4.98 Å². The van der Waals surface area contributed by atoms with E-state index in [0.717, 1.165) is 42.7 Å². The van der Waals surface area contributed by atoms with Gasteiger partial charge < -0.3 is 19.6 Å². The molecule has 0 spiro atoms. The minimum absolute atomic E-state index is 0.628. The zero-order valence-electron chi connectivity index (χ0n) is 17.5. The lowest BCUT2D eigenvalue weighted by Crippen LogP contribution is -2.10. The second-order valence-electron chi connectivity index (χ2n) is 7.66. The predicted molar refractivity (Wildman–Crippen MR) is 126 cm³/mol. The molecule has 0 aliphatic rings. The summed E-state index contributed by atoms with van der Waals surface area (Å²) in [4.78, 5) is 8.93. The molecule has 6 nitrogen and oxygen atoms in total. The van der Waals surface area contributed by atoms with Crippen molar-refractivity contribution in [2.24, 2.45) is 7.05 Å². The third-order valence-electron chi connectivity index (χ3n) is 5.57. The second-order valence-corrected chi connectivity index (χ2v) is 7.66. The largest absolute Gasteiger partial charge is 0.464 e. The van der Waals surface area contributed by atoms with E-state index in [4.69, 9.17) is 4.42 Å². The van der Waals surface area contributed by atoms with Crippen LogP contribution in [-0.4, -0.2) is 27.6 Å². The highest BCUT2D eigenvalue weighted by Crippen LogP contribution is 2.22. The molecular formula is C25H25N5O. The first kappa shape index (κ1) is 19.2. The van der Waals surface area contributed by atoms with Gasteiger partial charge in [-0.1, -0.05) is 36.4 Å². The van der Waals surface area contributed by atoms with Crippen LogP contribution in [0.2, 0.25) is 0 Å². The molecular weight excluding hydrogens is 386 g/mol. The number of anilines is 2. The highest BCUT2D eigenvalue weighted by Gasteiger charge is 2.07. The summed E-state index contributed by atoms with van der Waals surface area (Å²) >= 11 is 0. The maximum Gasteiger partial charge on any atom is 0.224 e. The lowest BCUT2D eigenvalue weighted by atomic mass is 10.1. The SMILES string of the molecule is Cn1cc(CCNc2ccnc(NCCc3coc4ccccc34)n2)c2ccccc21. The summed E-state index contributed by atoms with van der Waals surface area (Å²) in [5, 5.41) is 9.21. The van der Waals surface area contributed by atoms with E-state index in [9.17, 15) is 0 Å². The molecule has 6 heteroatoms. The molecule has 3 heterocycles. The van der Waals surface area contributed by atoms with Crippen molar-refractivity contribution in [2.75, 3.05) is 23.7 Å². The van der Waals surface area contributed by atoms with Crippen LogP contribution in [0.5, 0.6) is 0 Å². The van der Waals surface area contributed by atoms with Crippen LogP contribution in [0, 0.1) is 0 Å². The number of para-hydroxylation sites is 2. The molecule has 2 N–H and O–H groups in total. The highest BCUT2D eigenvalue weighted by atomic mass is 16.3. The van der Waals surface area contributed by atoms with Crippen LogP contribution in [-0.2, 0) is 19.9 Å². The van der Waals surface area contributed by atoms with E-state index in [1.54, 1.807) is 6.20 Å². The molecule has 0 amide bonds. The van der Waals surface area contributed by atoms with Crippen LogP contribution in [0.1, 0.15) is 11.1 Å². The molecule has 0 atom stereocenters. The number of furan rings is 1. The summed E-state index contributed by atoms with van der Waals surface area (Å²) in [6, 6.07) is 18.5. The fraction of sp³-hybridized carbons (Fsp3) is 0.200. The Morgan fingerprint density at radius 1 is 0.871 bits per heavy atom. The Kier molecular flexibility index (Phi) is 5.27. The predicted octanol–water partition coefficient (Wildman–Crippen LogP) is 5.02. The first-order chi connectivity index (χ1) is 15.3. The second kappa shape index (κ2) is 8.52. The van der Waals surface area contributed by atoms with E-state index >= 15 is 0 Å². The first-order valence-electron chi connectivity index (χ1n) is 10.6. The van der Waals surface area contributed by atoms with Gasteiger partial charge in [0.05, 0.1) is 6.26 Å². The van der Waals surface area contributed by atoms with Crippen molar-refractivity contribution in [1.82, 2.24) is 14.5 Å². The van der Waals surface area contributed by atoms with Crippen molar-refractivity contribution in [3.05, 3.63) is 84.4 Å². The molecule has 2 aromatic carbocycles. The summed E-state index contributed by atoms with van der Waals surface area (Å²) in [5.41, 5.74) is 4.71. The van der Waals surface area contributed by atoms with Crippen LogP contribution in [0.4, 0.5) is 11.8 Å². The zero-order valence-corrected chi connectivity index (χ0v) is 17.5. The summed E-state index contributed by atoms with van der Waals surface area (Å²) < 4.78 is 7.79. The average molecular weight is 412 g/mol. The van der Waals surface area contributed by atoms with Crippen LogP contribution in [0.25, 0.3) is 21.9 Å². The van der Waals surface area contributed by atoms with Gasteiger partial charge in [0, 0.05) is 48.8 Å². The number of fused-ring (bicyclic) bond motifs is 2. The topological polar surface area (TPSA) is 67.9 Å². The standard InChI is InChI=1S/C25H25N5O/c1-30-16-18(20-6-2-4-8-22(20)30)10-13-26-24-12-15-28-25(29-24)27-14-11-19-17-31-23-9-5-3-7-21(19)23/h2-9,12,15-17H,10-11,13-14H2,1H3,(H2,26,27,28,29). The normalized spacial score (nSPS) is 11.3. The Bertz CT molecular complexity index is 1320. The Labute approximate surface area is 180 Å². The van der Waals surface area contributed by atoms with Gasteiger partial charge in [-0.05, 0) is 42.2 Å². The van der Waals surface area contributed by atoms with Gasteiger partial charge in [0.2, 0.25) is 5.95 Å². The van der Waals surface area contributed by atoms with Crippen molar-refractivity contribution >= 4 is 33.6 Å².